The van der Waals surface area contributed by atoms with Crippen LogP contribution in [0.3, 0.4) is 0 Å². The summed E-state index contributed by atoms with van der Waals surface area (Å²) in [5.74, 6) is 0.0393. The van der Waals surface area contributed by atoms with Crippen molar-refractivity contribution in [3.63, 3.8) is 0 Å². The van der Waals surface area contributed by atoms with Gasteiger partial charge in [-0.15, -0.1) is 0 Å². The number of nitrogens with two attached hydrogens (primary N) is 1. The van der Waals surface area contributed by atoms with Gasteiger partial charge in [-0.3, -0.25) is 4.79 Å². The molecule has 0 saturated carbocycles. The second kappa shape index (κ2) is 7.36. The van der Waals surface area contributed by atoms with E-state index in [0.29, 0.717) is 18.7 Å². The highest BCUT2D eigenvalue weighted by molar-refractivity contribution is 6.06. The second-order valence-electron chi connectivity index (χ2n) is 7.92. The molecule has 0 unspecified atom stereocenters. The maximum absolute atomic E-state index is 13.4. The Morgan fingerprint density at radius 2 is 1.93 bits per heavy atom. The number of likely N-dealkylation sites (tertiary alicyclic amines) is 1. The lowest BCUT2D eigenvalue weighted by atomic mass is 10.0. The van der Waals surface area contributed by atoms with E-state index in [1.165, 1.54) is 0 Å². The molecule has 1 aromatic carbocycles. The fourth-order valence-corrected chi connectivity index (χ4v) is 3.84. The molecule has 3 aromatic rings. The normalized spacial score (nSPS) is 15.5. The first-order valence-electron chi connectivity index (χ1n) is 9.95. The lowest BCUT2D eigenvalue weighted by Crippen LogP contribution is -2.42. The molecule has 1 amide bonds. The Hall–Kier alpha value is -2.73. The molecule has 1 aliphatic heterocycles. The van der Waals surface area contributed by atoms with Crippen LogP contribution in [-0.4, -0.2) is 44.7 Å². The average molecular weight is 377 g/mol. The number of piperidine rings is 1. The highest BCUT2D eigenvalue weighted by Crippen LogP contribution is 2.29. The minimum Gasteiger partial charge on any atom is -0.339 e. The molecule has 0 atom stereocenters. The van der Waals surface area contributed by atoms with Gasteiger partial charge in [0.1, 0.15) is 0 Å². The third-order valence-corrected chi connectivity index (χ3v) is 5.53. The van der Waals surface area contributed by atoms with E-state index in [-0.39, 0.29) is 18.0 Å². The molecule has 0 aliphatic carbocycles. The van der Waals surface area contributed by atoms with Crippen LogP contribution < -0.4 is 5.73 Å². The zero-order chi connectivity index (χ0) is 19.8. The SMILES string of the molecule is Cc1ccccc1-c1cc(C(=O)N2CCC(N)CC2)c2cnn(C(C)C)c2n1. The van der Waals surface area contributed by atoms with E-state index in [9.17, 15) is 4.79 Å². The molecule has 0 spiro atoms. The van der Waals surface area contributed by atoms with Gasteiger partial charge in [0, 0.05) is 30.7 Å². The van der Waals surface area contributed by atoms with Crippen molar-refractivity contribution in [2.75, 3.05) is 13.1 Å². The number of hydrogen-bond acceptors (Lipinski definition) is 4. The van der Waals surface area contributed by atoms with Gasteiger partial charge >= 0.3 is 0 Å². The molecule has 6 heteroatoms. The molecule has 3 heterocycles. The summed E-state index contributed by atoms with van der Waals surface area (Å²) in [4.78, 5) is 20.2. The van der Waals surface area contributed by atoms with Crippen LogP contribution in [-0.2, 0) is 0 Å². The second-order valence-corrected chi connectivity index (χ2v) is 7.92. The number of carbonyl (C=O) groups excluding carboxylic acids is 1. The standard InChI is InChI=1S/C22H27N5O/c1-14(2)27-21-19(13-24-27)18(22(28)26-10-8-16(23)9-11-26)12-20(25-21)17-7-5-4-6-15(17)3/h4-7,12-14,16H,8-11,23H2,1-3H3. The van der Waals surface area contributed by atoms with Gasteiger partial charge < -0.3 is 10.6 Å². The van der Waals surface area contributed by atoms with Crippen LogP contribution >= 0.6 is 0 Å². The fourth-order valence-electron chi connectivity index (χ4n) is 3.84. The molecular formula is C22H27N5O. The summed E-state index contributed by atoms with van der Waals surface area (Å²) in [5, 5.41) is 5.33. The van der Waals surface area contributed by atoms with Crippen LogP contribution in [0.5, 0.6) is 0 Å². The van der Waals surface area contributed by atoms with Gasteiger partial charge in [0.25, 0.3) is 5.91 Å². The zero-order valence-electron chi connectivity index (χ0n) is 16.7. The van der Waals surface area contributed by atoms with E-state index in [2.05, 4.69) is 31.9 Å². The number of nitrogens with zero attached hydrogens (tertiary/aromatic N) is 4. The smallest absolute Gasteiger partial charge is 0.254 e. The summed E-state index contributed by atoms with van der Waals surface area (Å²) >= 11 is 0. The average Bonchev–Trinajstić information content (AvgIpc) is 3.12. The van der Waals surface area contributed by atoms with Gasteiger partial charge in [-0.1, -0.05) is 24.3 Å². The Kier molecular flexibility index (Phi) is 4.89. The summed E-state index contributed by atoms with van der Waals surface area (Å²) < 4.78 is 1.89. The van der Waals surface area contributed by atoms with Crippen LogP contribution in [0.1, 0.15) is 48.7 Å². The minimum atomic E-state index is 0.0393. The molecule has 2 N–H and O–H groups in total. The molecule has 1 aliphatic rings. The van der Waals surface area contributed by atoms with Crippen molar-refractivity contribution in [1.29, 1.82) is 0 Å². The Morgan fingerprint density at radius 1 is 1.21 bits per heavy atom. The van der Waals surface area contributed by atoms with Crippen molar-refractivity contribution < 1.29 is 4.79 Å². The van der Waals surface area contributed by atoms with Gasteiger partial charge in [-0.25, -0.2) is 9.67 Å². The predicted molar refractivity (Wildman–Crippen MR) is 111 cm³/mol. The molecule has 28 heavy (non-hydrogen) atoms. The number of carbonyl (C=O) groups is 1. The maximum Gasteiger partial charge on any atom is 0.254 e. The van der Waals surface area contributed by atoms with Crippen molar-refractivity contribution in [1.82, 2.24) is 19.7 Å². The van der Waals surface area contributed by atoms with Gasteiger partial charge in [-0.2, -0.15) is 5.10 Å². The quantitative estimate of drug-likeness (QED) is 0.757. The largest absolute Gasteiger partial charge is 0.339 e. The van der Waals surface area contributed by atoms with Gasteiger partial charge in [0.05, 0.1) is 22.8 Å². The van der Waals surface area contributed by atoms with Gasteiger partial charge in [0.2, 0.25) is 0 Å². The van der Waals surface area contributed by atoms with Crippen molar-refractivity contribution >= 4 is 16.9 Å². The van der Waals surface area contributed by atoms with Crippen molar-refractivity contribution in [2.24, 2.45) is 5.73 Å². The van der Waals surface area contributed by atoms with Crippen molar-refractivity contribution in [3.05, 3.63) is 47.7 Å². The Balaban J connectivity index is 1.87. The summed E-state index contributed by atoms with van der Waals surface area (Å²) in [5.41, 5.74) is 10.4. The summed E-state index contributed by atoms with van der Waals surface area (Å²) in [6.07, 6.45) is 3.46. The predicted octanol–water partition coefficient (Wildman–Crippen LogP) is 3.55. The van der Waals surface area contributed by atoms with E-state index in [1.54, 1.807) is 6.20 Å². The van der Waals surface area contributed by atoms with E-state index in [0.717, 1.165) is 40.7 Å². The van der Waals surface area contributed by atoms with Crippen LogP contribution in [0.15, 0.2) is 36.5 Å². The van der Waals surface area contributed by atoms with E-state index in [1.807, 2.05) is 33.8 Å². The summed E-state index contributed by atoms with van der Waals surface area (Å²) in [6.45, 7) is 7.60. The first-order chi connectivity index (χ1) is 13.5. The highest BCUT2D eigenvalue weighted by atomic mass is 16.2. The molecule has 0 bridgehead atoms. The summed E-state index contributed by atoms with van der Waals surface area (Å²) in [6, 6.07) is 10.4. The summed E-state index contributed by atoms with van der Waals surface area (Å²) in [7, 11) is 0. The topological polar surface area (TPSA) is 77.0 Å². The third-order valence-electron chi connectivity index (χ3n) is 5.53. The molecule has 146 valence electrons. The van der Waals surface area contributed by atoms with Gasteiger partial charge in [0.15, 0.2) is 5.65 Å². The number of fused-ring (bicyclic) bond motifs is 1. The first kappa shape index (κ1) is 18.6. The van der Waals surface area contributed by atoms with Crippen LogP contribution in [0, 0.1) is 6.92 Å². The van der Waals surface area contributed by atoms with Crippen LogP contribution in [0.4, 0.5) is 0 Å². The van der Waals surface area contributed by atoms with Crippen molar-refractivity contribution in [2.45, 2.75) is 45.7 Å². The molecule has 1 saturated heterocycles. The van der Waals surface area contributed by atoms with Crippen LogP contribution in [0.25, 0.3) is 22.3 Å². The zero-order valence-corrected chi connectivity index (χ0v) is 16.7. The van der Waals surface area contributed by atoms with E-state index < -0.39 is 0 Å². The lowest BCUT2D eigenvalue weighted by molar-refractivity contribution is 0.0716. The molecule has 2 aromatic heterocycles. The molecule has 1 fully saturated rings. The Bertz CT molecular complexity index is 1010. The fraction of sp³-hybridized carbons (Fsp3) is 0.409. The number of rotatable bonds is 3. The number of amides is 1. The number of aromatic nitrogens is 3. The molecular weight excluding hydrogens is 350 g/mol. The van der Waals surface area contributed by atoms with Crippen LogP contribution in [0.2, 0.25) is 0 Å². The maximum atomic E-state index is 13.4. The Morgan fingerprint density at radius 3 is 2.61 bits per heavy atom. The first-order valence-corrected chi connectivity index (χ1v) is 9.95. The lowest BCUT2D eigenvalue weighted by Gasteiger charge is -2.30. The Labute approximate surface area is 165 Å². The number of aryl methyl sites for hydroxylation is 1. The number of pyridine rings is 1. The molecule has 4 rings (SSSR count). The minimum absolute atomic E-state index is 0.0393. The number of benzene rings is 1. The highest BCUT2D eigenvalue weighted by Gasteiger charge is 2.25. The van der Waals surface area contributed by atoms with E-state index in [4.69, 9.17) is 10.7 Å². The third kappa shape index (κ3) is 3.29. The molecule has 0 radical (unpaired) electrons. The monoisotopic (exact) mass is 377 g/mol. The van der Waals surface area contributed by atoms with Crippen molar-refractivity contribution in [3.8, 4) is 11.3 Å². The number of hydrogen-bond donors (Lipinski definition) is 1. The van der Waals surface area contributed by atoms with Gasteiger partial charge in [-0.05, 0) is 45.2 Å². The van der Waals surface area contributed by atoms with E-state index >= 15 is 0 Å². The molecule has 6 nitrogen and oxygen atoms in total.